The van der Waals surface area contributed by atoms with E-state index < -0.39 is 0 Å². The fourth-order valence-corrected chi connectivity index (χ4v) is 2.33. The number of nitrogens with two attached hydrogens (primary N) is 1. The molecule has 1 aliphatic heterocycles. The molecule has 0 aromatic heterocycles. The van der Waals surface area contributed by atoms with Gasteiger partial charge in [0.1, 0.15) is 4.99 Å². The molecule has 1 heterocycles. The number of hydrogen-bond donors (Lipinski definition) is 2. The molecule has 1 fully saturated rings. The summed E-state index contributed by atoms with van der Waals surface area (Å²) in [5.41, 5.74) is 7.29. The van der Waals surface area contributed by atoms with Crippen molar-refractivity contribution >= 4 is 40.4 Å². The van der Waals surface area contributed by atoms with Crippen LogP contribution in [0.15, 0.2) is 18.2 Å². The van der Waals surface area contributed by atoms with E-state index in [4.69, 9.17) is 29.6 Å². The first kappa shape index (κ1) is 13.1. The van der Waals surface area contributed by atoms with Crippen LogP contribution in [0.3, 0.4) is 0 Å². The van der Waals surface area contributed by atoms with Crippen LogP contribution in [0.2, 0.25) is 5.02 Å². The molecular weight excluding hydrogens is 270 g/mol. The molecule has 1 aliphatic rings. The van der Waals surface area contributed by atoms with E-state index in [-0.39, 0.29) is 10.9 Å². The molecule has 0 atom stereocenters. The maximum absolute atomic E-state index is 11.6. The van der Waals surface area contributed by atoms with Crippen LogP contribution >= 0.6 is 23.8 Å². The molecule has 6 heteroatoms. The lowest BCUT2D eigenvalue weighted by Crippen LogP contribution is -2.34. The molecule has 3 N–H and O–H groups in total. The molecule has 2 rings (SSSR count). The Kier molecular flexibility index (Phi) is 4.04. The SMILES string of the molecule is NC(=S)c1cc(Cl)ccc1N1CCCNC(=O)C1. The lowest BCUT2D eigenvalue weighted by molar-refractivity contribution is -0.119. The summed E-state index contributed by atoms with van der Waals surface area (Å²) in [6.45, 7) is 1.80. The molecule has 0 bridgehead atoms. The van der Waals surface area contributed by atoms with Crippen molar-refractivity contribution in [3.05, 3.63) is 28.8 Å². The summed E-state index contributed by atoms with van der Waals surface area (Å²) in [6.07, 6.45) is 0.894. The van der Waals surface area contributed by atoms with Gasteiger partial charge in [-0.15, -0.1) is 0 Å². The van der Waals surface area contributed by atoms with Crippen LogP contribution in [-0.4, -0.2) is 30.5 Å². The zero-order valence-electron chi connectivity index (χ0n) is 9.78. The average molecular weight is 284 g/mol. The van der Waals surface area contributed by atoms with E-state index in [1.165, 1.54) is 0 Å². The second kappa shape index (κ2) is 5.54. The standard InChI is InChI=1S/C12H14ClN3OS/c13-8-2-3-10(9(6-8)12(14)18)16-5-1-4-15-11(17)7-16/h2-3,6H,1,4-5,7H2,(H2,14,18)(H,15,17). The summed E-state index contributed by atoms with van der Waals surface area (Å²) in [5.74, 6) is 0.0105. The average Bonchev–Trinajstić information content (AvgIpc) is 2.53. The number of hydrogen-bond acceptors (Lipinski definition) is 3. The van der Waals surface area contributed by atoms with Crippen molar-refractivity contribution in [1.82, 2.24) is 5.32 Å². The molecule has 0 spiro atoms. The molecule has 1 aromatic rings. The van der Waals surface area contributed by atoms with E-state index >= 15 is 0 Å². The molecule has 0 unspecified atom stereocenters. The van der Waals surface area contributed by atoms with Crippen molar-refractivity contribution in [2.75, 3.05) is 24.5 Å². The topological polar surface area (TPSA) is 58.4 Å². The number of halogens is 1. The van der Waals surface area contributed by atoms with Gasteiger partial charge in [0.05, 0.1) is 6.54 Å². The highest BCUT2D eigenvalue weighted by Crippen LogP contribution is 2.25. The molecule has 1 aromatic carbocycles. The van der Waals surface area contributed by atoms with Crippen LogP contribution in [0.4, 0.5) is 5.69 Å². The molecular formula is C12H14ClN3OS. The summed E-state index contributed by atoms with van der Waals surface area (Å²) >= 11 is 11.0. The van der Waals surface area contributed by atoms with Crippen molar-refractivity contribution in [3.8, 4) is 0 Å². The predicted octanol–water partition coefficient (Wildman–Crippen LogP) is 1.30. The van der Waals surface area contributed by atoms with Crippen molar-refractivity contribution in [2.45, 2.75) is 6.42 Å². The predicted molar refractivity (Wildman–Crippen MR) is 77.2 cm³/mol. The second-order valence-corrected chi connectivity index (χ2v) is 5.03. The molecule has 0 aliphatic carbocycles. The van der Waals surface area contributed by atoms with Crippen molar-refractivity contribution < 1.29 is 4.79 Å². The van der Waals surface area contributed by atoms with Crippen LogP contribution in [0.5, 0.6) is 0 Å². The van der Waals surface area contributed by atoms with Crippen LogP contribution in [-0.2, 0) is 4.79 Å². The third-order valence-electron chi connectivity index (χ3n) is 2.83. The lowest BCUT2D eigenvalue weighted by atomic mass is 10.1. The maximum atomic E-state index is 11.6. The molecule has 1 saturated heterocycles. The lowest BCUT2D eigenvalue weighted by Gasteiger charge is -2.24. The first-order chi connectivity index (χ1) is 8.58. The molecule has 0 radical (unpaired) electrons. The van der Waals surface area contributed by atoms with Gasteiger partial charge >= 0.3 is 0 Å². The minimum atomic E-state index is 0.0105. The van der Waals surface area contributed by atoms with Gasteiger partial charge in [0, 0.05) is 29.4 Å². The summed E-state index contributed by atoms with van der Waals surface area (Å²) in [7, 11) is 0. The maximum Gasteiger partial charge on any atom is 0.239 e. The molecule has 1 amide bonds. The van der Waals surface area contributed by atoms with Crippen molar-refractivity contribution in [1.29, 1.82) is 0 Å². The zero-order chi connectivity index (χ0) is 13.1. The van der Waals surface area contributed by atoms with Crippen LogP contribution in [0.1, 0.15) is 12.0 Å². The third-order valence-corrected chi connectivity index (χ3v) is 3.28. The van der Waals surface area contributed by atoms with Gasteiger partial charge in [-0.2, -0.15) is 0 Å². The van der Waals surface area contributed by atoms with Gasteiger partial charge < -0.3 is 16.0 Å². The van der Waals surface area contributed by atoms with Crippen LogP contribution in [0.25, 0.3) is 0 Å². The van der Waals surface area contributed by atoms with E-state index in [1.54, 1.807) is 12.1 Å². The van der Waals surface area contributed by atoms with E-state index in [1.807, 2.05) is 11.0 Å². The first-order valence-corrected chi connectivity index (χ1v) is 6.47. The minimum Gasteiger partial charge on any atom is -0.389 e. The fraction of sp³-hybridized carbons (Fsp3) is 0.333. The third kappa shape index (κ3) is 2.91. The number of thiocarbonyl (C=S) groups is 1. The molecule has 4 nitrogen and oxygen atoms in total. The fourth-order valence-electron chi connectivity index (χ4n) is 1.99. The number of carbonyl (C=O) groups excluding carboxylic acids is 1. The minimum absolute atomic E-state index is 0.0105. The van der Waals surface area contributed by atoms with Gasteiger partial charge in [-0.1, -0.05) is 23.8 Å². The Bertz CT molecular complexity index is 492. The summed E-state index contributed by atoms with van der Waals surface area (Å²) in [6, 6.07) is 5.37. The Labute approximate surface area is 116 Å². The van der Waals surface area contributed by atoms with Crippen molar-refractivity contribution in [3.63, 3.8) is 0 Å². The summed E-state index contributed by atoms with van der Waals surface area (Å²) in [5, 5.41) is 3.42. The van der Waals surface area contributed by atoms with Crippen molar-refractivity contribution in [2.24, 2.45) is 5.73 Å². The monoisotopic (exact) mass is 283 g/mol. The largest absolute Gasteiger partial charge is 0.389 e. The van der Waals surface area contributed by atoms with Crippen LogP contribution in [0, 0.1) is 0 Å². The highest BCUT2D eigenvalue weighted by atomic mass is 35.5. The molecule has 96 valence electrons. The smallest absolute Gasteiger partial charge is 0.239 e. The van der Waals surface area contributed by atoms with E-state index in [0.29, 0.717) is 23.7 Å². The van der Waals surface area contributed by atoms with Gasteiger partial charge in [0.15, 0.2) is 0 Å². The van der Waals surface area contributed by atoms with Gasteiger partial charge in [-0.25, -0.2) is 0 Å². The number of amides is 1. The van der Waals surface area contributed by atoms with E-state index in [2.05, 4.69) is 5.32 Å². The number of benzene rings is 1. The Morgan fingerprint density at radius 3 is 3.00 bits per heavy atom. The van der Waals surface area contributed by atoms with Gasteiger partial charge in [0.2, 0.25) is 5.91 Å². The normalized spacial score (nSPS) is 16.1. The number of nitrogens with one attached hydrogen (secondary N) is 1. The number of anilines is 1. The highest BCUT2D eigenvalue weighted by Gasteiger charge is 2.18. The quantitative estimate of drug-likeness (QED) is 0.804. The summed E-state index contributed by atoms with van der Waals surface area (Å²) < 4.78 is 0. The first-order valence-electron chi connectivity index (χ1n) is 5.69. The van der Waals surface area contributed by atoms with Gasteiger partial charge in [-0.3, -0.25) is 4.79 Å². The number of carbonyl (C=O) groups is 1. The number of nitrogens with zero attached hydrogens (tertiary/aromatic N) is 1. The second-order valence-electron chi connectivity index (χ2n) is 4.15. The number of rotatable bonds is 2. The van der Waals surface area contributed by atoms with E-state index in [9.17, 15) is 4.79 Å². The van der Waals surface area contributed by atoms with Crippen LogP contribution < -0.4 is 16.0 Å². The Balaban J connectivity index is 2.36. The van der Waals surface area contributed by atoms with E-state index in [0.717, 1.165) is 18.7 Å². The Morgan fingerprint density at radius 2 is 2.28 bits per heavy atom. The zero-order valence-corrected chi connectivity index (χ0v) is 11.4. The van der Waals surface area contributed by atoms with Gasteiger partial charge in [-0.05, 0) is 24.6 Å². The highest BCUT2D eigenvalue weighted by molar-refractivity contribution is 7.80. The Morgan fingerprint density at radius 1 is 1.50 bits per heavy atom. The molecule has 18 heavy (non-hydrogen) atoms. The van der Waals surface area contributed by atoms with Gasteiger partial charge in [0.25, 0.3) is 0 Å². The molecule has 0 saturated carbocycles. The Hall–Kier alpha value is -1.33. The summed E-state index contributed by atoms with van der Waals surface area (Å²) in [4.78, 5) is 13.8.